The number of aliphatic imine (C=N–C) groups is 1. The maximum absolute atomic E-state index is 10.5. The van der Waals surface area contributed by atoms with Crippen LogP contribution in [0, 0.1) is 0 Å². The van der Waals surface area contributed by atoms with Gasteiger partial charge < -0.3 is 16.2 Å². The van der Waals surface area contributed by atoms with Crippen molar-refractivity contribution in [3.05, 3.63) is 0 Å². The Bertz CT molecular complexity index is 215. The minimum atomic E-state index is -1.12. The van der Waals surface area contributed by atoms with Crippen LogP contribution in [0.15, 0.2) is 4.99 Å². The van der Waals surface area contributed by atoms with Gasteiger partial charge in [-0.3, -0.25) is 9.79 Å². The molecule has 1 atom stereocenters. The van der Waals surface area contributed by atoms with Gasteiger partial charge in [0.1, 0.15) is 6.10 Å². The molecule has 1 heterocycles. The molecule has 0 bridgehead atoms. The monoisotopic (exact) mass is 185 g/mol. The second-order valence-corrected chi connectivity index (χ2v) is 3.08. The van der Waals surface area contributed by atoms with Gasteiger partial charge in [0.05, 0.1) is 12.4 Å². The smallest absolute Gasteiger partial charge is 0.248 e. The number of hydrogen-bond acceptors (Lipinski definition) is 4. The molecule has 5 heteroatoms. The van der Waals surface area contributed by atoms with Crippen LogP contribution < -0.4 is 11.1 Å². The van der Waals surface area contributed by atoms with Crippen LogP contribution in [0.5, 0.6) is 0 Å². The molecule has 0 radical (unpaired) electrons. The first-order valence-corrected chi connectivity index (χ1v) is 4.44. The zero-order valence-electron chi connectivity index (χ0n) is 7.49. The Balaban J connectivity index is 2.25. The van der Waals surface area contributed by atoms with E-state index in [4.69, 9.17) is 10.8 Å². The average molecular weight is 185 g/mol. The normalized spacial score (nSPS) is 19.0. The van der Waals surface area contributed by atoms with E-state index in [2.05, 4.69) is 10.3 Å². The molecule has 0 saturated carbocycles. The number of nitrogens with zero attached hydrogens (tertiary/aromatic N) is 1. The molecule has 1 unspecified atom stereocenters. The van der Waals surface area contributed by atoms with Crippen LogP contribution in [0.4, 0.5) is 0 Å². The van der Waals surface area contributed by atoms with E-state index in [1.165, 1.54) is 0 Å². The lowest BCUT2D eigenvalue weighted by Crippen LogP contribution is -2.40. The van der Waals surface area contributed by atoms with Gasteiger partial charge in [-0.15, -0.1) is 0 Å². The Kier molecular flexibility index (Phi) is 3.70. The van der Waals surface area contributed by atoms with Gasteiger partial charge in [0.15, 0.2) is 0 Å². The van der Waals surface area contributed by atoms with Crippen LogP contribution in [0.2, 0.25) is 0 Å². The van der Waals surface area contributed by atoms with Gasteiger partial charge in [0.25, 0.3) is 0 Å². The molecule has 0 aromatic heterocycles. The van der Waals surface area contributed by atoms with Crippen LogP contribution in [0.3, 0.4) is 0 Å². The van der Waals surface area contributed by atoms with Crippen molar-refractivity contribution in [2.24, 2.45) is 10.7 Å². The number of carbonyl (C=O) groups excluding carboxylic acids is 1. The van der Waals surface area contributed by atoms with E-state index in [1.807, 2.05) is 0 Å². The highest BCUT2D eigenvalue weighted by atomic mass is 16.3. The Labute approximate surface area is 77.0 Å². The van der Waals surface area contributed by atoms with Gasteiger partial charge in [0.2, 0.25) is 5.91 Å². The lowest BCUT2D eigenvalue weighted by molar-refractivity contribution is -0.125. The number of aliphatic hydroxyl groups excluding tert-OH is 1. The third kappa shape index (κ3) is 3.42. The summed E-state index contributed by atoms with van der Waals surface area (Å²) >= 11 is 0. The van der Waals surface area contributed by atoms with Crippen molar-refractivity contribution in [2.45, 2.75) is 25.4 Å². The lowest BCUT2D eigenvalue weighted by Gasteiger charge is -2.15. The summed E-state index contributed by atoms with van der Waals surface area (Å²) in [6.45, 7) is 0.989. The highest BCUT2D eigenvalue weighted by molar-refractivity contribution is 5.84. The molecule has 0 aliphatic carbocycles. The molecule has 1 aliphatic heterocycles. The Morgan fingerprint density at radius 2 is 2.46 bits per heavy atom. The number of hydrogen-bond donors (Lipinski definition) is 3. The van der Waals surface area contributed by atoms with Crippen LogP contribution in [0.1, 0.15) is 19.3 Å². The van der Waals surface area contributed by atoms with Gasteiger partial charge in [-0.2, -0.15) is 0 Å². The van der Waals surface area contributed by atoms with Crippen molar-refractivity contribution < 1.29 is 9.90 Å². The summed E-state index contributed by atoms with van der Waals surface area (Å²) in [6, 6.07) is 0. The van der Waals surface area contributed by atoms with Crippen molar-refractivity contribution in [1.29, 1.82) is 0 Å². The number of nitrogens with one attached hydrogen (secondary N) is 1. The van der Waals surface area contributed by atoms with Crippen LogP contribution in [0.25, 0.3) is 0 Å². The lowest BCUT2D eigenvalue weighted by atomic mass is 10.2. The van der Waals surface area contributed by atoms with Gasteiger partial charge >= 0.3 is 0 Å². The number of aliphatic hydroxyl groups is 1. The van der Waals surface area contributed by atoms with Crippen LogP contribution in [-0.2, 0) is 4.79 Å². The summed E-state index contributed by atoms with van der Waals surface area (Å²) in [4.78, 5) is 14.7. The van der Waals surface area contributed by atoms with Gasteiger partial charge in [-0.05, 0) is 12.8 Å². The predicted molar refractivity (Wildman–Crippen MR) is 49.4 cm³/mol. The number of rotatable bonds is 3. The second kappa shape index (κ2) is 4.81. The van der Waals surface area contributed by atoms with E-state index in [9.17, 15) is 4.79 Å². The number of primary amides is 1. The molecule has 0 fully saturated rings. The highest BCUT2D eigenvalue weighted by Gasteiger charge is 2.11. The van der Waals surface area contributed by atoms with Crippen molar-refractivity contribution in [3.63, 3.8) is 0 Å². The largest absolute Gasteiger partial charge is 0.381 e. The van der Waals surface area contributed by atoms with Gasteiger partial charge in [-0.25, -0.2) is 0 Å². The third-order valence-corrected chi connectivity index (χ3v) is 1.95. The summed E-state index contributed by atoms with van der Waals surface area (Å²) in [5.74, 6) is 0.162. The number of nitrogens with two attached hydrogens (primary N) is 1. The Morgan fingerprint density at radius 3 is 3.00 bits per heavy atom. The summed E-state index contributed by atoms with van der Waals surface area (Å²) in [5, 5.41) is 12.0. The molecule has 0 saturated heterocycles. The average Bonchev–Trinajstić information content (AvgIpc) is 2.15. The quantitative estimate of drug-likeness (QED) is 0.527. The molecule has 5 nitrogen and oxygen atoms in total. The molecule has 13 heavy (non-hydrogen) atoms. The van der Waals surface area contributed by atoms with Crippen LogP contribution >= 0.6 is 0 Å². The molecule has 1 amide bonds. The number of carbonyl (C=O) groups is 1. The fourth-order valence-corrected chi connectivity index (χ4v) is 1.16. The van der Waals surface area contributed by atoms with E-state index in [1.54, 1.807) is 0 Å². The first-order valence-electron chi connectivity index (χ1n) is 4.44. The van der Waals surface area contributed by atoms with Crippen molar-refractivity contribution >= 4 is 11.7 Å². The van der Waals surface area contributed by atoms with Gasteiger partial charge in [0, 0.05) is 13.0 Å². The first kappa shape index (κ1) is 9.98. The zero-order valence-corrected chi connectivity index (χ0v) is 7.49. The summed E-state index contributed by atoms with van der Waals surface area (Å²) in [7, 11) is 0. The predicted octanol–water partition coefficient (Wildman–Crippen LogP) is -0.995. The van der Waals surface area contributed by atoms with Crippen molar-refractivity contribution in [1.82, 2.24) is 5.32 Å². The summed E-state index contributed by atoms with van der Waals surface area (Å²) < 4.78 is 0. The molecule has 1 rings (SSSR count). The summed E-state index contributed by atoms with van der Waals surface area (Å²) in [5.41, 5.74) is 4.88. The molecule has 1 aliphatic rings. The number of amides is 1. The van der Waals surface area contributed by atoms with E-state index in [0.717, 1.165) is 31.6 Å². The van der Waals surface area contributed by atoms with Crippen molar-refractivity contribution in [3.8, 4) is 0 Å². The SMILES string of the molecule is NC(=O)C(O)CNC1=NCCCC1. The maximum Gasteiger partial charge on any atom is 0.248 e. The van der Waals surface area contributed by atoms with Crippen molar-refractivity contribution in [2.75, 3.05) is 13.1 Å². The minimum absolute atomic E-state index is 0.161. The Morgan fingerprint density at radius 1 is 1.69 bits per heavy atom. The molecule has 0 aromatic carbocycles. The highest BCUT2D eigenvalue weighted by Crippen LogP contribution is 2.03. The standard InChI is InChI=1S/C8H15N3O2/c9-8(13)6(12)5-11-7-3-1-2-4-10-7/h6,12H,1-5H2,(H2,9,13)(H,10,11). The zero-order chi connectivity index (χ0) is 9.68. The molecule has 0 spiro atoms. The Hall–Kier alpha value is -1.10. The second-order valence-electron chi connectivity index (χ2n) is 3.08. The third-order valence-electron chi connectivity index (χ3n) is 1.95. The van der Waals surface area contributed by atoms with Gasteiger partial charge in [-0.1, -0.05) is 0 Å². The molecular formula is C8H15N3O2. The fourth-order valence-electron chi connectivity index (χ4n) is 1.16. The maximum atomic E-state index is 10.5. The summed E-state index contributed by atoms with van der Waals surface area (Å²) in [6.07, 6.45) is 2.00. The van der Waals surface area contributed by atoms with E-state index in [-0.39, 0.29) is 6.54 Å². The van der Waals surface area contributed by atoms with E-state index >= 15 is 0 Å². The fraction of sp³-hybridized carbons (Fsp3) is 0.750. The van der Waals surface area contributed by atoms with E-state index < -0.39 is 12.0 Å². The topological polar surface area (TPSA) is 87.7 Å². The van der Waals surface area contributed by atoms with E-state index in [0.29, 0.717) is 0 Å². The molecule has 4 N–H and O–H groups in total. The minimum Gasteiger partial charge on any atom is -0.381 e. The first-order chi connectivity index (χ1) is 6.20. The molecule has 0 aromatic rings. The number of amidine groups is 1. The van der Waals surface area contributed by atoms with Crippen LogP contribution in [-0.4, -0.2) is 36.0 Å². The molecule has 74 valence electrons. The molecular weight excluding hydrogens is 170 g/mol.